The Morgan fingerprint density at radius 1 is 1.12 bits per heavy atom. The van der Waals surface area contributed by atoms with Crippen LogP contribution in [0.3, 0.4) is 0 Å². The summed E-state index contributed by atoms with van der Waals surface area (Å²) in [4.78, 5) is 15.9. The van der Waals surface area contributed by atoms with Crippen LogP contribution in [0.5, 0.6) is 0 Å². The lowest BCUT2D eigenvalue weighted by Crippen LogP contribution is -2.27. The van der Waals surface area contributed by atoms with Gasteiger partial charge in [-0.1, -0.05) is 48.5 Å². The number of fused-ring (bicyclic) bond motifs is 1. The number of carbonyl (C=O) groups is 1. The zero-order valence-electron chi connectivity index (χ0n) is 14.0. The van der Waals surface area contributed by atoms with Crippen LogP contribution in [-0.2, 0) is 0 Å². The molecule has 0 fully saturated rings. The molecule has 0 aliphatic heterocycles. The Bertz CT molecular complexity index is 843. The minimum absolute atomic E-state index is 0.141. The van der Waals surface area contributed by atoms with Crippen LogP contribution >= 0.6 is 0 Å². The number of rotatable bonds is 7. The molecule has 1 atom stereocenters. The number of aliphatic hydroxyl groups is 1. The Morgan fingerprint density at radius 3 is 2.60 bits per heavy atom. The van der Waals surface area contributed by atoms with E-state index in [1.54, 1.807) is 0 Å². The zero-order valence-corrected chi connectivity index (χ0v) is 14.0. The van der Waals surface area contributed by atoms with Gasteiger partial charge in [-0.2, -0.15) is 0 Å². The standard InChI is InChI=1S/C20H23N3O2/c21-13-15(24)9-6-12-22-20(25)19-18(14-7-2-1-3-8-14)16-10-4-5-11-17(16)23-19/h1-5,7-8,10-11,15,23-24H,6,9,12-13,21H2,(H,22,25). The summed E-state index contributed by atoms with van der Waals surface area (Å²) < 4.78 is 0. The largest absolute Gasteiger partial charge is 0.392 e. The minimum Gasteiger partial charge on any atom is -0.392 e. The lowest BCUT2D eigenvalue weighted by atomic mass is 10.0. The van der Waals surface area contributed by atoms with Crippen molar-refractivity contribution in [1.29, 1.82) is 0 Å². The predicted octanol–water partition coefficient (Wildman–Crippen LogP) is 2.66. The summed E-state index contributed by atoms with van der Waals surface area (Å²) in [6.07, 6.45) is 0.755. The third kappa shape index (κ3) is 3.90. The number of amides is 1. The predicted molar refractivity (Wildman–Crippen MR) is 100 cm³/mol. The smallest absolute Gasteiger partial charge is 0.268 e. The van der Waals surface area contributed by atoms with Crippen LogP contribution in [0.4, 0.5) is 0 Å². The normalized spacial score (nSPS) is 12.2. The molecule has 0 saturated heterocycles. The highest BCUT2D eigenvalue weighted by atomic mass is 16.3. The number of benzene rings is 2. The summed E-state index contributed by atoms with van der Waals surface area (Å²) in [7, 11) is 0. The van der Waals surface area contributed by atoms with Gasteiger partial charge in [0.2, 0.25) is 0 Å². The average molecular weight is 337 g/mol. The SMILES string of the molecule is NCC(O)CCCNC(=O)c1[nH]c2ccccc2c1-c1ccccc1. The van der Waals surface area contributed by atoms with E-state index in [0.717, 1.165) is 22.0 Å². The second-order valence-corrected chi connectivity index (χ2v) is 6.07. The number of hydrogen-bond donors (Lipinski definition) is 4. The monoisotopic (exact) mass is 337 g/mol. The maximum absolute atomic E-state index is 12.7. The number of hydrogen-bond acceptors (Lipinski definition) is 3. The first-order valence-corrected chi connectivity index (χ1v) is 8.53. The van der Waals surface area contributed by atoms with E-state index in [-0.39, 0.29) is 12.5 Å². The molecular formula is C20H23N3O2. The molecule has 3 aromatic rings. The van der Waals surface area contributed by atoms with Crippen LogP contribution in [0.2, 0.25) is 0 Å². The van der Waals surface area contributed by atoms with Crippen molar-refractivity contribution < 1.29 is 9.90 Å². The summed E-state index contributed by atoms with van der Waals surface area (Å²) in [6.45, 7) is 0.744. The van der Waals surface area contributed by atoms with E-state index in [0.29, 0.717) is 25.1 Å². The van der Waals surface area contributed by atoms with Crippen molar-refractivity contribution in [3.63, 3.8) is 0 Å². The molecule has 5 nitrogen and oxygen atoms in total. The van der Waals surface area contributed by atoms with E-state index in [1.807, 2.05) is 54.6 Å². The van der Waals surface area contributed by atoms with Crippen LogP contribution < -0.4 is 11.1 Å². The van der Waals surface area contributed by atoms with Crippen molar-refractivity contribution in [1.82, 2.24) is 10.3 Å². The molecule has 0 saturated carbocycles. The minimum atomic E-state index is -0.509. The first-order valence-electron chi connectivity index (χ1n) is 8.53. The quantitative estimate of drug-likeness (QED) is 0.500. The number of carbonyl (C=O) groups excluding carboxylic acids is 1. The molecule has 25 heavy (non-hydrogen) atoms. The van der Waals surface area contributed by atoms with E-state index >= 15 is 0 Å². The Hall–Kier alpha value is -2.63. The molecule has 3 rings (SSSR count). The maximum Gasteiger partial charge on any atom is 0.268 e. The van der Waals surface area contributed by atoms with E-state index in [2.05, 4.69) is 10.3 Å². The first kappa shape index (κ1) is 17.2. The van der Waals surface area contributed by atoms with Gasteiger partial charge in [0, 0.05) is 29.6 Å². The summed E-state index contributed by atoms with van der Waals surface area (Å²) >= 11 is 0. The second kappa shape index (κ2) is 7.96. The number of nitrogens with one attached hydrogen (secondary N) is 2. The van der Waals surface area contributed by atoms with Gasteiger partial charge in [0.15, 0.2) is 0 Å². The molecule has 0 aliphatic rings. The highest BCUT2D eigenvalue weighted by molar-refractivity contribution is 6.09. The highest BCUT2D eigenvalue weighted by Gasteiger charge is 2.18. The summed E-state index contributed by atoms with van der Waals surface area (Å²) in [5.74, 6) is -0.141. The molecule has 2 aromatic carbocycles. The van der Waals surface area contributed by atoms with E-state index < -0.39 is 6.10 Å². The van der Waals surface area contributed by atoms with Crippen molar-refractivity contribution in [2.24, 2.45) is 5.73 Å². The third-order valence-electron chi connectivity index (χ3n) is 4.27. The highest BCUT2D eigenvalue weighted by Crippen LogP contribution is 2.32. The van der Waals surface area contributed by atoms with Crippen LogP contribution in [0.1, 0.15) is 23.3 Å². The Labute approximate surface area is 146 Å². The Kier molecular flexibility index (Phi) is 5.48. The molecule has 5 heteroatoms. The van der Waals surface area contributed by atoms with Gasteiger partial charge in [0.1, 0.15) is 5.69 Å². The number of para-hydroxylation sites is 1. The first-order chi connectivity index (χ1) is 12.2. The molecule has 1 aromatic heterocycles. The molecule has 130 valence electrons. The lowest BCUT2D eigenvalue weighted by molar-refractivity contribution is 0.0945. The third-order valence-corrected chi connectivity index (χ3v) is 4.27. The van der Waals surface area contributed by atoms with Gasteiger partial charge in [-0.15, -0.1) is 0 Å². The fourth-order valence-corrected chi connectivity index (χ4v) is 2.96. The Morgan fingerprint density at radius 2 is 1.84 bits per heavy atom. The van der Waals surface area contributed by atoms with Gasteiger partial charge < -0.3 is 21.1 Å². The molecule has 0 radical (unpaired) electrons. The van der Waals surface area contributed by atoms with Gasteiger partial charge in [0.25, 0.3) is 5.91 Å². The van der Waals surface area contributed by atoms with Crippen LogP contribution in [0, 0.1) is 0 Å². The number of nitrogens with two attached hydrogens (primary N) is 1. The number of aromatic nitrogens is 1. The van der Waals surface area contributed by atoms with Crippen molar-refractivity contribution in [2.75, 3.05) is 13.1 Å². The molecule has 1 heterocycles. The zero-order chi connectivity index (χ0) is 17.6. The lowest BCUT2D eigenvalue weighted by Gasteiger charge is -2.09. The second-order valence-electron chi connectivity index (χ2n) is 6.07. The van der Waals surface area contributed by atoms with Crippen LogP contribution in [0.15, 0.2) is 54.6 Å². The topological polar surface area (TPSA) is 91.1 Å². The molecule has 0 bridgehead atoms. The van der Waals surface area contributed by atoms with Crippen molar-refractivity contribution >= 4 is 16.8 Å². The van der Waals surface area contributed by atoms with Gasteiger partial charge >= 0.3 is 0 Å². The fourth-order valence-electron chi connectivity index (χ4n) is 2.96. The molecule has 0 spiro atoms. The van der Waals surface area contributed by atoms with Crippen molar-refractivity contribution in [3.8, 4) is 11.1 Å². The molecule has 0 aliphatic carbocycles. The Balaban J connectivity index is 1.84. The van der Waals surface area contributed by atoms with Gasteiger partial charge in [-0.3, -0.25) is 4.79 Å². The summed E-state index contributed by atoms with van der Waals surface area (Å²) in [5, 5.41) is 13.4. The summed E-state index contributed by atoms with van der Waals surface area (Å²) in [6, 6.07) is 17.8. The van der Waals surface area contributed by atoms with E-state index in [9.17, 15) is 9.90 Å². The van der Waals surface area contributed by atoms with Gasteiger partial charge in [0.05, 0.1) is 6.10 Å². The van der Waals surface area contributed by atoms with Gasteiger partial charge in [-0.05, 0) is 24.5 Å². The van der Waals surface area contributed by atoms with E-state index in [1.165, 1.54) is 0 Å². The van der Waals surface area contributed by atoms with E-state index in [4.69, 9.17) is 5.73 Å². The summed E-state index contributed by atoms with van der Waals surface area (Å²) in [5.41, 5.74) is 8.80. The number of aliphatic hydroxyl groups excluding tert-OH is 1. The molecule has 1 amide bonds. The van der Waals surface area contributed by atoms with Gasteiger partial charge in [-0.25, -0.2) is 0 Å². The average Bonchev–Trinajstić information content (AvgIpc) is 3.05. The molecular weight excluding hydrogens is 314 g/mol. The van der Waals surface area contributed by atoms with Crippen molar-refractivity contribution in [3.05, 3.63) is 60.3 Å². The van der Waals surface area contributed by atoms with Crippen molar-refractivity contribution in [2.45, 2.75) is 18.9 Å². The molecule has 1 unspecified atom stereocenters. The van der Waals surface area contributed by atoms with Crippen LogP contribution in [-0.4, -0.2) is 35.2 Å². The van der Waals surface area contributed by atoms with Crippen LogP contribution in [0.25, 0.3) is 22.0 Å². The fraction of sp³-hybridized carbons (Fsp3) is 0.250. The maximum atomic E-state index is 12.7. The number of H-pyrrole nitrogens is 1. The molecule has 5 N–H and O–H groups in total. The number of aromatic amines is 1.